The van der Waals surface area contributed by atoms with E-state index in [-0.39, 0.29) is 6.04 Å². The van der Waals surface area contributed by atoms with Crippen LogP contribution >= 0.6 is 11.3 Å². The Labute approximate surface area is 119 Å². The van der Waals surface area contributed by atoms with Gasteiger partial charge >= 0.3 is 0 Å². The van der Waals surface area contributed by atoms with Crippen LogP contribution in [-0.2, 0) is 6.42 Å². The molecule has 0 aliphatic carbocycles. The third-order valence-electron chi connectivity index (χ3n) is 3.31. The van der Waals surface area contributed by atoms with Crippen LogP contribution in [-0.4, -0.2) is 11.5 Å². The molecule has 2 heterocycles. The average molecular weight is 278 g/mol. The number of hydrogen-bond donors (Lipinski definition) is 1. The molecule has 0 aliphatic rings. The molecule has 104 valence electrons. The van der Waals surface area contributed by atoms with Crippen LogP contribution in [0.1, 0.15) is 46.3 Å². The average Bonchev–Trinajstić information content (AvgIpc) is 2.92. The molecule has 3 nitrogen and oxygen atoms in total. The van der Waals surface area contributed by atoms with E-state index in [1.165, 1.54) is 15.4 Å². The number of thiazole rings is 1. The second-order valence-electron chi connectivity index (χ2n) is 4.93. The lowest BCUT2D eigenvalue weighted by molar-refractivity contribution is 0.407. The van der Waals surface area contributed by atoms with Crippen LogP contribution in [0.4, 0.5) is 0 Å². The molecule has 0 bridgehead atoms. The van der Waals surface area contributed by atoms with Gasteiger partial charge in [-0.3, -0.25) is 0 Å². The molecule has 19 heavy (non-hydrogen) atoms. The molecule has 4 heteroatoms. The van der Waals surface area contributed by atoms with Gasteiger partial charge in [-0.05, 0) is 45.4 Å². The van der Waals surface area contributed by atoms with E-state index in [4.69, 9.17) is 4.42 Å². The smallest absolute Gasteiger partial charge is 0.124 e. The fourth-order valence-corrected chi connectivity index (χ4v) is 3.10. The minimum atomic E-state index is 0.222. The molecular formula is C15H22N2OS. The van der Waals surface area contributed by atoms with Crippen molar-refractivity contribution >= 4 is 11.3 Å². The van der Waals surface area contributed by atoms with Crippen LogP contribution in [0.15, 0.2) is 16.7 Å². The van der Waals surface area contributed by atoms with E-state index in [0.29, 0.717) is 0 Å². The third-order valence-corrected chi connectivity index (χ3v) is 4.41. The zero-order chi connectivity index (χ0) is 13.8. The Bertz CT molecular complexity index is 510. The van der Waals surface area contributed by atoms with Crippen LogP contribution in [0.5, 0.6) is 0 Å². The molecule has 0 amide bonds. The molecule has 0 saturated heterocycles. The predicted molar refractivity (Wildman–Crippen MR) is 79.8 cm³/mol. The predicted octanol–water partition coefficient (Wildman–Crippen LogP) is 3.94. The quantitative estimate of drug-likeness (QED) is 0.869. The van der Waals surface area contributed by atoms with Crippen molar-refractivity contribution in [2.24, 2.45) is 0 Å². The van der Waals surface area contributed by atoms with Gasteiger partial charge in [-0.2, -0.15) is 0 Å². The van der Waals surface area contributed by atoms with Gasteiger partial charge in [0, 0.05) is 11.3 Å². The largest absolute Gasteiger partial charge is 0.467 e. The summed E-state index contributed by atoms with van der Waals surface area (Å²) in [5.41, 5.74) is 2.35. The fraction of sp³-hybridized carbons (Fsp3) is 0.533. The van der Waals surface area contributed by atoms with Gasteiger partial charge in [-0.15, -0.1) is 11.3 Å². The van der Waals surface area contributed by atoms with Crippen molar-refractivity contribution in [3.8, 4) is 0 Å². The first-order chi connectivity index (χ1) is 9.11. The molecule has 0 saturated carbocycles. The Morgan fingerprint density at radius 1 is 1.37 bits per heavy atom. The van der Waals surface area contributed by atoms with Crippen molar-refractivity contribution in [3.63, 3.8) is 0 Å². The number of rotatable bonds is 6. The van der Waals surface area contributed by atoms with Crippen molar-refractivity contribution in [3.05, 3.63) is 39.2 Å². The van der Waals surface area contributed by atoms with E-state index in [0.717, 1.165) is 30.8 Å². The zero-order valence-electron chi connectivity index (χ0n) is 12.1. The highest BCUT2D eigenvalue weighted by Crippen LogP contribution is 2.26. The highest BCUT2D eigenvalue weighted by molar-refractivity contribution is 7.11. The molecule has 0 spiro atoms. The molecule has 1 unspecified atom stereocenters. The lowest BCUT2D eigenvalue weighted by Crippen LogP contribution is -2.24. The van der Waals surface area contributed by atoms with Gasteiger partial charge in [0.1, 0.15) is 5.76 Å². The second-order valence-corrected chi connectivity index (χ2v) is 6.22. The van der Waals surface area contributed by atoms with Crippen LogP contribution in [0.25, 0.3) is 0 Å². The first-order valence-corrected chi connectivity index (χ1v) is 7.63. The summed E-state index contributed by atoms with van der Waals surface area (Å²) in [6.45, 7) is 9.47. The van der Waals surface area contributed by atoms with Crippen LogP contribution in [0, 0.1) is 20.8 Å². The fourth-order valence-electron chi connectivity index (χ4n) is 2.12. The summed E-state index contributed by atoms with van der Waals surface area (Å²) < 4.78 is 5.65. The lowest BCUT2D eigenvalue weighted by Gasteiger charge is -2.16. The van der Waals surface area contributed by atoms with Crippen molar-refractivity contribution in [2.45, 2.75) is 46.6 Å². The van der Waals surface area contributed by atoms with Gasteiger partial charge in [0.25, 0.3) is 0 Å². The maximum absolute atomic E-state index is 5.65. The summed E-state index contributed by atoms with van der Waals surface area (Å²) in [7, 11) is 0. The molecule has 0 radical (unpaired) electrons. The Morgan fingerprint density at radius 2 is 2.16 bits per heavy atom. The molecule has 1 N–H and O–H groups in total. The zero-order valence-corrected chi connectivity index (χ0v) is 12.9. The van der Waals surface area contributed by atoms with E-state index in [9.17, 15) is 0 Å². The molecule has 0 aromatic carbocycles. The van der Waals surface area contributed by atoms with Crippen molar-refractivity contribution in [1.82, 2.24) is 10.3 Å². The second kappa shape index (κ2) is 6.35. The normalized spacial score (nSPS) is 12.8. The standard InChI is InChI=1S/C15H22N2OS/c1-5-7-16-13(15-10(2)6-8-18-15)9-14-17-11(3)12(4)19-14/h6,8,13,16H,5,7,9H2,1-4H3. The minimum absolute atomic E-state index is 0.222. The third kappa shape index (κ3) is 3.45. The summed E-state index contributed by atoms with van der Waals surface area (Å²) in [6.07, 6.45) is 3.78. The van der Waals surface area contributed by atoms with Gasteiger partial charge in [0.15, 0.2) is 0 Å². The van der Waals surface area contributed by atoms with Gasteiger partial charge in [0.05, 0.1) is 23.0 Å². The molecule has 0 aliphatic heterocycles. The maximum atomic E-state index is 5.65. The van der Waals surface area contributed by atoms with E-state index in [2.05, 4.69) is 38.0 Å². The summed E-state index contributed by atoms with van der Waals surface area (Å²) in [5, 5.41) is 4.74. The molecule has 2 rings (SSSR count). The van der Waals surface area contributed by atoms with Gasteiger partial charge in [-0.1, -0.05) is 6.92 Å². The number of nitrogens with one attached hydrogen (secondary N) is 1. The Kier molecular flexibility index (Phi) is 4.77. The van der Waals surface area contributed by atoms with Crippen LogP contribution < -0.4 is 5.32 Å². The lowest BCUT2D eigenvalue weighted by atomic mass is 10.1. The topological polar surface area (TPSA) is 38.1 Å². The van der Waals surface area contributed by atoms with Gasteiger partial charge in [-0.25, -0.2) is 4.98 Å². The van der Waals surface area contributed by atoms with Crippen molar-refractivity contribution < 1.29 is 4.42 Å². The molecule has 2 aromatic heterocycles. The minimum Gasteiger partial charge on any atom is -0.467 e. The van der Waals surface area contributed by atoms with Gasteiger partial charge in [0.2, 0.25) is 0 Å². The number of nitrogens with zero attached hydrogens (tertiary/aromatic N) is 1. The Balaban J connectivity index is 2.16. The monoisotopic (exact) mass is 278 g/mol. The van der Waals surface area contributed by atoms with E-state index in [1.807, 2.05) is 6.07 Å². The molecule has 0 fully saturated rings. The first-order valence-electron chi connectivity index (χ1n) is 6.82. The van der Waals surface area contributed by atoms with Crippen molar-refractivity contribution in [1.29, 1.82) is 0 Å². The maximum Gasteiger partial charge on any atom is 0.124 e. The Hall–Kier alpha value is -1.13. The number of hydrogen-bond acceptors (Lipinski definition) is 4. The summed E-state index contributed by atoms with van der Waals surface area (Å²) in [5.74, 6) is 1.04. The molecular weight excluding hydrogens is 256 g/mol. The SMILES string of the molecule is CCCNC(Cc1nc(C)c(C)s1)c1occc1C. The van der Waals surface area contributed by atoms with E-state index in [1.54, 1.807) is 17.6 Å². The molecule has 1 atom stereocenters. The summed E-state index contributed by atoms with van der Waals surface area (Å²) in [4.78, 5) is 5.94. The highest BCUT2D eigenvalue weighted by Gasteiger charge is 2.19. The Morgan fingerprint density at radius 3 is 2.68 bits per heavy atom. The van der Waals surface area contributed by atoms with Crippen LogP contribution in [0.3, 0.4) is 0 Å². The van der Waals surface area contributed by atoms with E-state index < -0.39 is 0 Å². The summed E-state index contributed by atoms with van der Waals surface area (Å²) >= 11 is 1.79. The van der Waals surface area contributed by atoms with Gasteiger partial charge < -0.3 is 9.73 Å². The molecule has 2 aromatic rings. The van der Waals surface area contributed by atoms with Crippen LogP contribution in [0.2, 0.25) is 0 Å². The highest BCUT2D eigenvalue weighted by atomic mass is 32.1. The van der Waals surface area contributed by atoms with E-state index >= 15 is 0 Å². The van der Waals surface area contributed by atoms with Crippen molar-refractivity contribution in [2.75, 3.05) is 6.54 Å². The number of aromatic nitrogens is 1. The first kappa shape index (κ1) is 14.3. The summed E-state index contributed by atoms with van der Waals surface area (Å²) in [6, 6.07) is 2.24. The number of furan rings is 1. The number of aryl methyl sites for hydroxylation is 3.